The van der Waals surface area contributed by atoms with E-state index in [4.69, 9.17) is 16.3 Å². The number of carbonyl (C=O) groups is 1. The molecule has 26 heavy (non-hydrogen) atoms. The second-order valence-corrected chi connectivity index (χ2v) is 8.13. The maximum Gasteiger partial charge on any atom is 0.341 e. The normalized spacial score (nSPS) is 24.5. The van der Waals surface area contributed by atoms with Gasteiger partial charge in [0.2, 0.25) is 0 Å². The highest BCUT2D eigenvalue weighted by atomic mass is 35.5. The first-order valence-corrected chi connectivity index (χ1v) is 10.1. The summed E-state index contributed by atoms with van der Waals surface area (Å²) in [7, 11) is 1.36. The summed E-state index contributed by atoms with van der Waals surface area (Å²) >= 11 is 6.02. The van der Waals surface area contributed by atoms with Gasteiger partial charge >= 0.3 is 5.97 Å². The molecule has 1 saturated carbocycles. The van der Waals surface area contributed by atoms with E-state index in [9.17, 15) is 9.90 Å². The zero-order valence-corrected chi connectivity index (χ0v) is 16.2. The molecular formula is C20H29ClN2O3. The number of methoxy groups -OCH3 is 1. The van der Waals surface area contributed by atoms with Crippen LogP contribution in [0.4, 0.5) is 5.82 Å². The van der Waals surface area contributed by atoms with E-state index in [1.54, 1.807) is 12.3 Å². The van der Waals surface area contributed by atoms with Crippen LogP contribution in [0.5, 0.6) is 0 Å². The molecular weight excluding hydrogens is 352 g/mol. The summed E-state index contributed by atoms with van der Waals surface area (Å²) in [5.74, 6) is 1.76. The third kappa shape index (κ3) is 4.49. The van der Waals surface area contributed by atoms with Gasteiger partial charge in [0, 0.05) is 31.8 Å². The Hall–Kier alpha value is -1.33. The Kier molecular flexibility index (Phi) is 6.76. The third-order valence-corrected chi connectivity index (χ3v) is 6.23. The molecule has 1 aliphatic heterocycles. The Morgan fingerprint density at radius 2 is 2.08 bits per heavy atom. The van der Waals surface area contributed by atoms with Crippen molar-refractivity contribution < 1.29 is 14.6 Å². The summed E-state index contributed by atoms with van der Waals surface area (Å²) in [6, 6.07) is 1.61. The Balaban J connectivity index is 1.71. The van der Waals surface area contributed by atoms with Crippen molar-refractivity contribution in [3.63, 3.8) is 0 Å². The van der Waals surface area contributed by atoms with Crippen LogP contribution in [0, 0.1) is 17.8 Å². The van der Waals surface area contributed by atoms with Gasteiger partial charge in [-0.3, -0.25) is 0 Å². The number of carbonyl (C=O) groups excluding carboxylic acids is 1. The second kappa shape index (κ2) is 9.05. The average Bonchev–Trinajstić information content (AvgIpc) is 2.68. The number of pyridine rings is 1. The van der Waals surface area contributed by atoms with E-state index < -0.39 is 5.97 Å². The van der Waals surface area contributed by atoms with Gasteiger partial charge in [-0.2, -0.15) is 0 Å². The number of aromatic nitrogens is 1. The fourth-order valence-electron chi connectivity index (χ4n) is 4.59. The van der Waals surface area contributed by atoms with Gasteiger partial charge in [-0.15, -0.1) is 0 Å². The van der Waals surface area contributed by atoms with Crippen molar-refractivity contribution in [3.8, 4) is 0 Å². The van der Waals surface area contributed by atoms with E-state index >= 15 is 0 Å². The lowest BCUT2D eigenvalue weighted by molar-refractivity contribution is 0.0600. The molecule has 0 amide bonds. The molecule has 1 N–H and O–H groups in total. The molecule has 3 rings (SSSR count). The quantitative estimate of drug-likeness (QED) is 0.784. The van der Waals surface area contributed by atoms with Crippen molar-refractivity contribution in [2.24, 2.45) is 17.8 Å². The monoisotopic (exact) mass is 380 g/mol. The molecule has 1 aromatic heterocycles. The maximum atomic E-state index is 12.1. The molecule has 5 nitrogen and oxygen atoms in total. The zero-order valence-electron chi connectivity index (χ0n) is 15.5. The lowest BCUT2D eigenvalue weighted by Crippen LogP contribution is -2.43. The standard InChI is InChI=1S/C20H29ClN2O3/c1-26-20(25)18-10-17(21)11-22-19(18)23-8-7-15(16(12-23)13-24)9-14-5-3-2-4-6-14/h10-11,14-16,24H,2-9,12-13H2,1H3. The van der Waals surface area contributed by atoms with Gasteiger partial charge in [0.15, 0.2) is 0 Å². The van der Waals surface area contributed by atoms with Crippen molar-refractivity contribution in [1.82, 2.24) is 4.98 Å². The van der Waals surface area contributed by atoms with Crippen LogP contribution in [0.25, 0.3) is 0 Å². The molecule has 6 heteroatoms. The highest BCUT2D eigenvalue weighted by Crippen LogP contribution is 2.37. The van der Waals surface area contributed by atoms with Crippen LogP contribution < -0.4 is 4.90 Å². The number of hydrogen-bond acceptors (Lipinski definition) is 5. The number of halogens is 1. The highest BCUT2D eigenvalue weighted by Gasteiger charge is 2.33. The number of hydrogen-bond donors (Lipinski definition) is 1. The van der Waals surface area contributed by atoms with Crippen molar-refractivity contribution >= 4 is 23.4 Å². The van der Waals surface area contributed by atoms with Crippen LogP contribution in [-0.2, 0) is 4.74 Å². The number of rotatable bonds is 5. The fraction of sp³-hybridized carbons (Fsp3) is 0.700. The molecule has 1 aliphatic carbocycles. The third-order valence-electron chi connectivity index (χ3n) is 6.02. The first kappa shape index (κ1) is 19.4. The summed E-state index contributed by atoms with van der Waals surface area (Å²) in [4.78, 5) is 18.6. The van der Waals surface area contributed by atoms with Gasteiger partial charge in [0.05, 0.1) is 12.1 Å². The van der Waals surface area contributed by atoms with E-state index in [0.29, 0.717) is 28.9 Å². The molecule has 144 valence electrons. The molecule has 0 radical (unpaired) electrons. The summed E-state index contributed by atoms with van der Waals surface area (Å²) in [5.41, 5.74) is 0.391. The molecule has 2 aliphatic rings. The molecule has 1 saturated heterocycles. The van der Waals surface area contributed by atoms with E-state index in [1.807, 2.05) is 0 Å². The predicted molar refractivity (Wildman–Crippen MR) is 103 cm³/mol. The summed E-state index contributed by atoms with van der Waals surface area (Å²) < 4.78 is 4.88. The molecule has 0 aromatic carbocycles. The van der Waals surface area contributed by atoms with Gasteiger partial charge in [-0.1, -0.05) is 43.7 Å². The minimum Gasteiger partial charge on any atom is -0.465 e. The summed E-state index contributed by atoms with van der Waals surface area (Å²) in [6.07, 6.45) is 10.5. The summed E-state index contributed by atoms with van der Waals surface area (Å²) in [5, 5.41) is 10.4. The van der Waals surface area contributed by atoms with Crippen LogP contribution >= 0.6 is 11.6 Å². The van der Waals surface area contributed by atoms with Crippen LogP contribution in [0.1, 0.15) is 55.3 Å². The lowest BCUT2D eigenvalue weighted by Gasteiger charge is -2.40. The number of ether oxygens (including phenoxy) is 1. The Morgan fingerprint density at radius 3 is 2.77 bits per heavy atom. The predicted octanol–water partition coefficient (Wildman–Crippen LogP) is 3.93. The molecule has 0 spiro atoms. The molecule has 0 bridgehead atoms. The van der Waals surface area contributed by atoms with Crippen LogP contribution in [-0.4, -0.2) is 42.9 Å². The minimum atomic E-state index is -0.431. The smallest absolute Gasteiger partial charge is 0.341 e. The van der Waals surface area contributed by atoms with Gasteiger partial charge < -0.3 is 14.7 Å². The number of anilines is 1. The number of piperidine rings is 1. The molecule has 2 unspecified atom stereocenters. The molecule has 2 atom stereocenters. The van der Waals surface area contributed by atoms with Gasteiger partial charge in [-0.05, 0) is 30.7 Å². The van der Waals surface area contributed by atoms with E-state index in [2.05, 4.69) is 9.88 Å². The van der Waals surface area contributed by atoms with Crippen molar-refractivity contribution in [2.45, 2.75) is 44.9 Å². The Bertz CT molecular complexity index is 619. The SMILES string of the molecule is COC(=O)c1cc(Cl)cnc1N1CCC(CC2CCCCC2)C(CO)C1. The first-order valence-electron chi connectivity index (χ1n) is 9.72. The number of nitrogens with zero attached hydrogens (tertiary/aromatic N) is 2. The van der Waals surface area contributed by atoms with E-state index in [0.717, 1.165) is 18.9 Å². The van der Waals surface area contributed by atoms with Gasteiger partial charge in [0.25, 0.3) is 0 Å². The fourth-order valence-corrected chi connectivity index (χ4v) is 4.74. The van der Waals surface area contributed by atoms with Gasteiger partial charge in [0.1, 0.15) is 11.4 Å². The van der Waals surface area contributed by atoms with Crippen LogP contribution in [0.2, 0.25) is 5.02 Å². The van der Waals surface area contributed by atoms with Gasteiger partial charge in [-0.25, -0.2) is 9.78 Å². The van der Waals surface area contributed by atoms with Crippen LogP contribution in [0.3, 0.4) is 0 Å². The first-order chi connectivity index (χ1) is 12.6. The minimum absolute atomic E-state index is 0.176. The zero-order chi connectivity index (χ0) is 18.5. The number of esters is 1. The van der Waals surface area contributed by atoms with Crippen molar-refractivity contribution in [2.75, 3.05) is 31.7 Å². The number of aliphatic hydroxyl groups excluding tert-OH is 1. The molecule has 2 heterocycles. The largest absolute Gasteiger partial charge is 0.465 e. The molecule has 1 aromatic rings. The van der Waals surface area contributed by atoms with Crippen molar-refractivity contribution in [3.05, 3.63) is 22.8 Å². The Labute approximate surface area is 160 Å². The average molecular weight is 381 g/mol. The summed E-state index contributed by atoms with van der Waals surface area (Å²) in [6.45, 7) is 1.73. The maximum absolute atomic E-state index is 12.1. The number of aliphatic hydroxyl groups is 1. The Morgan fingerprint density at radius 1 is 1.31 bits per heavy atom. The van der Waals surface area contributed by atoms with E-state index in [1.165, 1.54) is 45.6 Å². The lowest BCUT2D eigenvalue weighted by atomic mass is 9.75. The highest BCUT2D eigenvalue weighted by molar-refractivity contribution is 6.30. The van der Waals surface area contributed by atoms with E-state index in [-0.39, 0.29) is 12.5 Å². The van der Waals surface area contributed by atoms with Crippen LogP contribution in [0.15, 0.2) is 12.3 Å². The molecule has 2 fully saturated rings. The second-order valence-electron chi connectivity index (χ2n) is 7.69. The van der Waals surface area contributed by atoms with Crippen molar-refractivity contribution in [1.29, 1.82) is 0 Å². The topological polar surface area (TPSA) is 62.7 Å².